The van der Waals surface area contributed by atoms with Gasteiger partial charge in [0.2, 0.25) is 0 Å². The van der Waals surface area contributed by atoms with Gasteiger partial charge in [-0.3, -0.25) is 0 Å². The fraction of sp³-hybridized carbons (Fsp3) is 0.471. The molecule has 1 fully saturated rings. The number of benzene rings is 1. The van der Waals surface area contributed by atoms with Crippen molar-refractivity contribution >= 4 is 0 Å². The summed E-state index contributed by atoms with van der Waals surface area (Å²) >= 11 is 0. The fourth-order valence-electron chi connectivity index (χ4n) is 3.74. The van der Waals surface area contributed by atoms with Crippen LogP contribution < -0.4 is 5.32 Å². The molecule has 0 saturated carbocycles. The van der Waals surface area contributed by atoms with Crippen LogP contribution >= 0.6 is 0 Å². The van der Waals surface area contributed by atoms with Crippen molar-refractivity contribution in [2.24, 2.45) is 0 Å². The van der Waals surface area contributed by atoms with E-state index >= 15 is 0 Å². The van der Waals surface area contributed by atoms with Crippen LogP contribution in [0.25, 0.3) is 5.69 Å². The molecule has 2 aliphatic rings. The summed E-state index contributed by atoms with van der Waals surface area (Å²) in [5.41, 5.74) is 6.03. The minimum absolute atomic E-state index is 0.153. The van der Waals surface area contributed by atoms with Gasteiger partial charge >= 0.3 is 0 Å². The van der Waals surface area contributed by atoms with Crippen LogP contribution in [0.15, 0.2) is 18.2 Å². The summed E-state index contributed by atoms with van der Waals surface area (Å²) in [5.74, 6) is 0.410. The molecule has 2 aromatic rings. The Morgan fingerprint density at radius 3 is 2.86 bits per heavy atom. The number of nitrogens with zero attached hydrogens (tertiary/aromatic N) is 2. The summed E-state index contributed by atoms with van der Waals surface area (Å²) in [5, 5.41) is 8.32. The molecular formula is C17H20FN3. The number of hydrogen-bond acceptors (Lipinski definition) is 2. The van der Waals surface area contributed by atoms with Crippen LogP contribution in [-0.4, -0.2) is 22.9 Å². The van der Waals surface area contributed by atoms with Crippen molar-refractivity contribution in [2.45, 2.75) is 38.5 Å². The van der Waals surface area contributed by atoms with Gasteiger partial charge < -0.3 is 5.32 Å². The van der Waals surface area contributed by atoms with Crippen molar-refractivity contribution in [2.75, 3.05) is 13.1 Å². The average Bonchev–Trinajstić information content (AvgIpc) is 2.85. The lowest BCUT2D eigenvalue weighted by Gasteiger charge is -2.21. The molecule has 4 rings (SSSR count). The Balaban J connectivity index is 1.80. The third-order valence-electron chi connectivity index (χ3n) is 4.91. The van der Waals surface area contributed by atoms with Crippen LogP contribution in [0.3, 0.4) is 0 Å². The molecule has 0 atom stereocenters. The molecule has 3 heterocycles. The van der Waals surface area contributed by atoms with E-state index in [1.807, 2.05) is 6.07 Å². The number of aromatic nitrogens is 2. The van der Waals surface area contributed by atoms with E-state index in [4.69, 9.17) is 5.10 Å². The maximum absolute atomic E-state index is 13.4. The van der Waals surface area contributed by atoms with E-state index in [0.29, 0.717) is 5.92 Å². The molecule has 0 aliphatic carbocycles. The molecule has 1 aromatic heterocycles. The first-order valence-electron chi connectivity index (χ1n) is 7.82. The largest absolute Gasteiger partial charge is 0.317 e. The Hall–Kier alpha value is -1.68. The van der Waals surface area contributed by atoms with Crippen LogP contribution in [0.2, 0.25) is 0 Å². The van der Waals surface area contributed by atoms with Gasteiger partial charge in [-0.15, -0.1) is 0 Å². The highest BCUT2D eigenvalue weighted by molar-refractivity contribution is 5.47. The van der Waals surface area contributed by atoms with Crippen molar-refractivity contribution in [3.8, 4) is 5.69 Å². The van der Waals surface area contributed by atoms with Gasteiger partial charge in [0.05, 0.1) is 11.4 Å². The first kappa shape index (κ1) is 13.0. The molecule has 0 bridgehead atoms. The smallest absolute Gasteiger partial charge is 0.123 e. The van der Waals surface area contributed by atoms with Crippen LogP contribution in [0.5, 0.6) is 0 Å². The van der Waals surface area contributed by atoms with Crippen LogP contribution in [0.1, 0.15) is 41.3 Å². The van der Waals surface area contributed by atoms with E-state index in [1.165, 1.54) is 23.0 Å². The molecule has 4 heteroatoms. The van der Waals surface area contributed by atoms with Crippen LogP contribution in [-0.2, 0) is 12.8 Å². The van der Waals surface area contributed by atoms with Gasteiger partial charge in [0.1, 0.15) is 5.82 Å². The summed E-state index contributed by atoms with van der Waals surface area (Å²) in [7, 11) is 0. The van der Waals surface area contributed by atoms with Gasteiger partial charge in [-0.25, -0.2) is 9.07 Å². The Morgan fingerprint density at radius 2 is 2.05 bits per heavy atom. The zero-order valence-electron chi connectivity index (χ0n) is 12.3. The molecule has 2 aliphatic heterocycles. The van der Waals surface area contributed by atoms with Gasteiger partial charge in [-0.05, 0) is 75.0 Å². The number of rotatable bonds is 1. The second kappa shape index (κ2) is 4.95. The van der Waals surface area contributed by atoms with Crippen molar-refractivity contribution in [1.82, 2.24) is 15.1 Å². The molecule has 1 saturated heterocycles. The zero-order chi connectivity index (χ0) is 14.4. The topological polar surface area (TPSA) is 29.9 Å². The third kappa shape index (κ3) is 2.09. The zero-order valence-corrected chi connectivity index (χ0v) is 12.3. The van der Waals surface area contributed by atoms with E-state index in [-0.39, 0.29) is 5.82 Å². The van der Waals surface area contributed by atoms with E-state index in [1.54, 1.807) is 6.07 Å². The average molecular weight is 285 g/mol. The Bertz CT molecular complexity index is 684. The van der Waals surface area contributed by atoms with Crippen molar-refractivity contribution in [3.63, 3.8) is 0 Å². The number of aryl methyl sites for hydroxylation is 1. The van der Waals surface area contributed by atoms with E-state index in [0.717, 1.165) is 50.0 Å². The van der Waals surface area contributed by atoms with Gasteiger partial charge in [0, 0.05) is 11.6 Å². The highest BCUT2D eigenvalue weighted by Crippen LogP contribution is 2.33. The highest BCUT2D eigenvalue weighted by atomic mass is 19.1. The second-order valence-electron chi connectivity index (χ2n) is 6.17. The molecule has 0 unspecified atom stereocenters. The Morgan fingerprint density at radius 1 is 1.24 bits per heavy atom. The van der Waals surface area contributed by atoms with E-state index < -0.39 is 0 Å². The first-order chi connectivity index (χ1) is 10.2. The van der Waals surface area contributed by atoms with Crippen molar-refractivity contribution in [3.05, 3.63) is 46.5 Å². The van der Waals surface area contributed by atoms with Crippen molar-refractivity contribution < 1.29 is 4.39 Å². The molecule has 21 heavy (non-hydrogen) atoms. The summed E-state index contributed by atoms with van der Waals surface area (Å²) in [6, 6.07) is 5.06. The fourth-order valence-corrected chi connectivity index (χ4v) is 3.74. The molecule has 3 nitrogen and oxygen atoms in total. The normalized spacial score (nSPS) is 18.4. The van der Waals surface area contributed by atoms with Gasteiger partial charge in [0.25, 0.3) is 0 Å². The minimum atomic E-state index is -0.153. The van der Waals surface area contributed by atoms with E-state index in [9.17, 15) is 4.39 Å². The van der Waals surface area contributed by atoms with Crippen molar-refractivity contribution in [1.29, 1.82) is 0 Å². The lowest BCUT2D eigenvalue weighted by molar-refractivity contribution is 0.450. The van der Waals surface area contributed by atoms with E-state index in [2.05, 4.69) is 16.9 Å². The number of nitrogens with one attached hydrogen (secondary N) is 1. The Kier molecular flexibility index (Phi) is 3.07. The highest BCUT2D eigenvalue weighted by Gasteiger charge is 2.26. The third-order valence-corrected chi connectivity index (χ3v) is 4.91. The van der Waals surface area contributed by atoms with Crippen LogP contribution in [0.4, 0.5) is 4.39 Å². The monoisotopic (exact) mass is 285 g/mol. The quantitative estimate of drug-likeness (QED) is 0.873. The molecule has 1 N–H and O–H groups in total. The number of hydrogen-bond donors (Lipinski definition) is 1. The summed E-state index contributed by atoms with van der Waals surface area (Å²) in [6.07, 6.45) is 4.19. The predicted molar refractivity (Wildman–Crippen MR) is 80.5 cm³/mol. The molecule has 0 amide bonds. The van der Waals surface area contributed by atoms with Gasteiger partial charge in [-0.1, -0.05) is 0 Å². The molecule has 110 valence electrons. The molecule has 0 spiro atoms. The lowest BCUT2D eigenvalue weighted by Crippen LogP contribution is -2.27. The standard InChI is InChI=1S/C17H20FN3/c1-11-15-4-2-13-10-14(18)3-5-16(13)21(15)20-17(11)12-6-8-19-9-7-12/h3,5,10,12,19H,2,4,6-9H2,1H3. The van der Waals surface area contributed by atoms with Gasteiger partial charge in [0.15, 0.2) is 0 Å². The summed E-state index contributed by atoms with van der Waals surface area (Å²) in [4.78, 5) is 0. The minimum Gasteiger partial charge on any atom is -0.317 e. The first-order valence-corrected chi connectivity index (χ1v) is 7.82. The molecule has 1 aromatic carbocycles. The van der Waals surface area contributed by atoms with Crippen LogP contribution in [0, 0.1) is 12.7 Å². The predicted octanol–water partition coefficient (Wildman–Crippen LogP) is 2.89. The van der Waals surface area contributed by atoms with Gasteiger partial charge in [-0.2, -0.15) is 5.10 Å². The summed E-state index contributed by atoms with van der Waals surface area (Å²) < 4.78 is 15.5. The number of halogens is 1. The lowest BCUT2D eigenvalue weighted by atomic mass is 9.91. The maximum atomic E-state index is 13.4. The SMILES string of the molecule is Cc1c(C2CCNCC2)nn2c1CCc1cc(F)ccc1-2. The number of piperidine rings is 1. The molecule has 0 radical (unpaired) electrons. The molecular weight excluding hydrogens is 265 g/mol. The number of fused-ring (bicyclic) bond motifs is 3. The maximum Gasteiger partial charge on any atom is 0.123 e. The Labute approximate surface area is 124 Å². The second-order valence-corrected chi connectivity index (χ2v) is 6.17. The summed E-state index contributed by atoms with van der Waals surface area (Å²) in [6.45, 7) is 4.35.